The molecule has 0 aliphatic carbocycles. The van der Waals surface area contributed by atoms with E-state index in [0.29, 0.717) is 11.8 Å². The van der Waals surface area contributed by atoms with E-state index in [2.05, 4.69) is 28.8 Å². The van der Waals surface area contributed by atoms with Crippen LogP contribution < -0.4 is 0 Å². The zero-order valence-corrected chi connectivity index (χ0v) is 21.2. The average Bonchev–Trinajstić information content (AvgIpc) is 3.12. The van der Waals surface area contributed by atoms with Gasteiger partial charge >= 0.3 is 0 Å². The van der Waals surface area contributed by atoms with E-state index in [1.165, 1.54) is 5.56 Å². The van der Waals surface area contributed by atoms with Crippen LogP contribution in [0.5, 0.6) is 0 Å². The second-order valence-electron chi connectivity index (χ2n) is 6.74. The van der Waals surface area contributed by atoms with Crippen molar-refractivity contribution in [1.82, 2.24) is 9.55 Å². The van der Waals surface area contributed by atoms with E-state index in [1.54, 1.807) is 42.4 Å². The second-order valence-corrected chi connectivity index (χ2v) is 10.7. The Morgan fingerprint density at radius 3 is 2.00 bits per heavy atom. The normalized spacial score (nSPS) is 11.1. The minimum absolute atomic E-state index is 0.418. The lowest BCUT2D eigenvalue weighted by Gasteiger charge is -2.11. The highest BCUT2D eigenvalue weighted by atomic mass is 35.5. The summed E-state index contributed by atoms with van der Waals surface area (Å²) in [5.74, 6) is 0.831. The third-order valence-corrected chi connectivity index (χ3v) is 8.16. The Hall–Kier alpha value is -1.54. The van der Waals surface area contributed by atoms with Crippen LogP contribution in [-0.2, 0) is 17.2 Å². The lowest BCUT2D eigenvalue weighted by molar-refractivity contribution is 0.117. The number of imidazole rings is 1. The number of nitrogens with zero attached hydrogens (tertiary/aromatic N) is 2. The van der Waals surface area contributed by atoms with Crippen LogP contribution in [0.2, 0.25) is 10.0 Å². The number of hydrogen-bond acceptors (Lipinski definition) is 5. The van der Waals surface area contributed by atoms with Crippen LogP contribution >= 0.6 is 58.5 Å². The summed E-state index contributed by atoms with van der Waals surface area (Å²) in [6.45, 7) is 0.418. The molecule has 164 valence electrons. The third-order valence-electron chi connectivity index (χ3n) is 4.38. The third kappa shape index (κ3) is 6.28. The van der Waals surface area contributed by atoms with E-state index in [9.17, 15) is 0 Å². The SMILES string of the molecule is COCn1c(SCc2ccccc2)nc(Sc2ccc(Cl)cc2)c1Sc1ccc(Cl)cc1. The number of thioether (sulfide) groups is 1. The first-order valence-electron chi connectivity index (χ1n) is 9.75. The molecule has 0 unspecified atom stereocenters. The zero-order chi connectivity index (χ0) is 22.3. The van der Waals surface area contributed by atoms with Gasteiger partial charge < -0.3 is 4.74 Å². The first kappa shape index (κ1) is 23.6. The van der Waals surface area contributed by atoms with Gasteiger partial charge in [-0.15, -0.1) is 0 Å². The lowest BCUT2D eigenvalue weighted by atomic mass is 10.2. The van der Waals surface area contributed by atoms with Gasteiger partial charge in [0.05, 0.1) is 0 Å². The van der Waals surface area contributed by atoms with Crippen molar-refractivity contribution in [1.29, 1.82) is 0 Å². The molecule has 3 aromatic carbocycles. The molecule has 0 aliphatic rings. The molecule has 0 atom stereocenters. The molecule has 0 saturated heterocycles. The maximum absolute atomic E-state index is 6.09. The van der Waals surface area contributed by atoms with E-state index in [1.807, 2.05) is 54.6 Å². The maximum Gasteiger partial charge on any atom is 0.172 e. The molecule has 4 rings (SSSR count). The molecule has 32 heavy (non-hydrogen) atoms. The fraction of sp³-hybridized carbons (Fsp3) is 0.125. The van der Waals surface area contributed by atoms with Crippen molar-refractivity contribution in [2.75, 3.05) is 7.11 Å². The summed E-state index contributed by atoms with van der Waals surface area (Å²) in [6, 6.07) is 26.0. The molecular weight excluding hydrogens is 499 g/mol. The molecule has 0 spiro atoms. The number of methoxy groups -OCH3 is 1. The fourth-order valence-corrected chi connectivity index (χ4v) is 6.13. The molecule has 1 aromatic heterocycles. The summed E-state index contributed by atoms with van der Waals surface area (Å²) >= 11 is 17.1. The minimum Gasteiger partial charge on any atom is -0.364 e. The number of aromatic nitrogens is 2. The van der Waals surface area contributed by atoms with E-state index < -0.39 is 0 Å². The van der Waals surface area contributed by atoms with Crippen LogP contribution in [0.15, 0.2) is 104 Å². The average molecular weight is 520 g/mol. The van der Waals surface area contributed by atoms with Crippen molar-refractivity contribution in [3.8, 4) is 0 Å². The van der Waals surface area contributed by atoms with Crippen molar-refractivity contribution in [2.45, 2.75) is 37.5 Å². The van der Waals surface area contributed by atoms with Crippen LogP contribution in [0.25, 0.3) is 0 Å². The quantitative estimate of drug-likeness (QED) is 0.207. The van der Waals surface area contributed by atoms with Crippen molar-refractivity contribution in [3.05, 3.63) is 94.5 Å². The van der Waals surface area contributed by atoms with Crippen LogP contribution in [0.1, 0.15) is 5.56 Å². The van der Waals surface area contributed by atoms with Gasteiger partial charge in [0.1, 0.15) is 16.8 Å². The summed E-state index contributed by atoms with van der Waals surface area (Å²) in [6.07, 6.45) is 0. The zero-order valence-electron chi connectivity index (χ0n) is 17.2. The summed E-state index contributed by atoms with van der Waals surface area (Å²) in [4.78, 5) is 7.17. The standard InChI is InChI=1S/C24H20Cl2N2OS3/c1-29-16-28-23(32-21-13-9-19(26)10-14-21)22(31-20-11-7-18(25)8-12-20)27-24(28)30-15-17-5-3-2-4-6-17/h2-14H,15-16H2,1H3. The smallest absolute Gasteiger partial charge is 0.172 e. The molecule has 0 bridgehead atoms. The van der Waals surface area contributed by atoms with E-state index in [0.717, 1.165) is 35.8 Å². The Morgan fingerprint density at radius 1 is 0.812 bits per heavy atom. The van der Waals surface area contributed by atoms with Gasteiger partial charge in [0.25, 0.3) is 0 Å². The number of rotatable bonds is 9. The molecule has 4 aromatic rings. The molecule has 0 saturated carbocycles. The summed E-state index contributed by atoms with van der Waals surface area (Å²) in [5, 5.41) is 4.32. The fourth-order valence-electron chi connectivity index (χ4n) is 2.87. The van der Waals surface area contributed by atoms with Gasteiger partial charge in [-0.05, 0) is 54.1 Å². The molecule has 0 fully saturated rings. The second kappa shape index (κ2) is 11.5. The van der Waals surface area contributed by atoms with Gasteiger partial charge in [0.2, 0.25) is 0 Å². The number of halogens is 2. The van der Waals surface area contributed by atoms with Crippen LogP contribution in [0.3, 0.4) is 0 Å². The van der Waals surface area contributed by atoms with Gasteiger partial charge in [-0.1, -0.05) is 88.8 Å². The summed E-state index contributed by atoms with van der Waals surface area (Å²) in [7, 11) is 1.70. The van der Waals surface area contributed by atoms with Gasteiger partial charge in [0.15, 0.2) is 5.16 Å². The first-order valence-corrected chi connectivity index (χ1v) is 13.1. The molecule has 0 aliphatic heterocycles. The van der Waals surface area contributed by atoms with Crippen LogP contribution in [0.4, 0.5) is 0 Å². The molecule has 0 N–H and O–H groups in total. The molecular formula is C24H20Cl2N2OS3. The van der Waals surface area contributed by atoms with Crippen LogP contribution in [-0.4, -0.2) is 16.7 Å². The van der Waals surface area contributed by atoms with Gasteiger partial charge in [-0.2, -0.15) is 0 Å². The van der Waals surface area contributed by atoms with Gasteiger partial charge in [0, 0.05) is 32.7 Å². The van der Waals surface area contributed by atoms with E-state index in [-0.39, 0.29) is 0 Å². The molecule has 8 heteroatoms. The van der Waals surface area contributed by atoms with Crippen molar-refractivity contribution >= 4 is 58.5 Å². The monoisotopic (exact) mass is 518 g/mol. The Morgan fingerprint density at radius 2 is 1.41 bits per heavy atom. The molecule has 3 nitrogen and oxygen atoms in total. The Kier molecular flexibility index (Phi) is 8.52. The predicted octanol–water partition coefficient (Wildman–Crippen LogP) is 8.39. The van der Waals surface area contributed by atoms with Crippen molar-refractivity contribution in [2.24, 2.45) is 0 Å². The molecule has 0 amide bonds. The predicted molar refractivity (Wildman–Crippen MR) is 136 cm³/mol. The van der Waals surface area contributed by atoms with Gasteiger partial charge in [-0.3, -0.25) is 4.57 Å². The van der Waals surface area contributed by atoms with Crippen molar-refractivity contribution < 1.29 is 4.74 Å². The Balaban J connectivity index is 1.69. The highest BCUT2D eigenvalue weighted by molar-refractivity contribution is 8.02. The molecule has 1 heterocycles. The number of ether oxygens (including phenoxy) is 1. The van der Waals surface area contributed by atoms with Gasteiger partial charge in [-0.25, -0.2) is 4.98 Å². The Bertz CT molecular complexity index is 1150. The van der Waals surface area contributed by atoms with Crippen LogP contribution in [0, 0.1) is 0 Å². The molecule has 0 radical (unpaired) electrons. The minimum atomic E-state index is 0.418. The highest BCUT2D eigenvalue weighted by Crippen LogP contribution is 2.42. The highest BCUT2D eigenvalue weighted by Gasteiger charge is 2.20. The maximum atomic E-state index is 6.09. The lowest BCUT2D eigenvalue weighted by Crippen LogP contribution is -2.03. The first-order chi connectivity index (χ1) is 15.6. The van der Waals surface area contributed by atoms with E-state index in [4.69, 9.17) is 32.9 Å². The summed E-state index contributed by atoms with van der Waals surface area (Å²) in [5.41, 5.74) is 1.25. The number of benzene rings is 3. The Labute approximate surface area is 210 Å². The number of hydrogen-bond donors (Lipinski definition) is 0. The van der Waals surface area contributed by atoms with E-state index >= 15 is 0 Å². The summed E-state index contributed by atoms with van der Waals surface area (Å²) < 4.78 is 7.68. The van der Waals surface area contributed by atoms with Crippen molar-refractivity contribution in [3.63, 3.8) is 0 Å². The topological polar surface area (TPSA) is 27.1 Å². The largest absolute Gasteiger partial charge is 0.364 e.